The van der Waals surface area contributed by atoms with E-state index in [9.17, 15) is 0 Å². The molecule has 0 saturated heterocycles. The first kappa shape index (κ1) is 10.3. The summed E-state index contributed by atoms with van der Waals surface area (Å²) in [6.07, 6.45) is 1.84. The molecule has 2 nitrogen and oxygen atoms in total. The number of hydrogen-bond acceptors (Lipinski definition) is 2. The van der Waals surface area contributed by atoms with Crippen LogP contribution >= 0.6 is 15.9 Å². The second kappa shape index (κ2) is 4.42. The Morgan fingerprint density at radius 3 is 3.00 bits per heavy atom. The first-order valence-corrected chi connectivity index (χ1v) is 4.89. The third-order valence-electron chi connectivity index (χ3n) is 1.65. The number of nitrogens with one attached hydrogen (secondary N) is 1. The smallest absolute Gasteiger partial charge is 0.108 e. The molecule has 0 radical (unpaired) electrons. The minimum atomic E-state index is 0.803. The normalized spacial score (nSPS) is 9.77. The highest BCUT2D eigenvalue weighted by Gasteiger charge is 1.98. The molecule has 1 heterocycles. The molecule has 1 aromatic heterocycles. The summed E-state index contributed by atoms with van der Waals surface area (Å²) in [5.41, 5.74) is 3.36. The van der Waals surface area contributed by atoms with Crippen LogP contribution in [0.2, 0.25) is 0 Å². The molecule has 0 unspecified atom stereocenters. The van der Waals surface area contributed by atoms with Gasteiger partial charge in [-0.3, -0.25) is 0 Å². The van der Waals surface area contributed by atoms with Crippen LogP contribution in [-0.2, 0) is 0 Å². The molecule has 0 aliphatic carbocycles. The van der Waals surface area contributed by atoms with E-state index in [0.717, 1.165) is 28.0 Å². The summed E-state index contributed by atoms with van der Waals surface area (Å²) in [5.74, 6) is 0. The van der Waals surface area contributed by atoms with Gasteiger partial charge < -0.3 is 5.32 Å². The average molecular weight is 241 g/mol. The molecule has 0 aliphatic heterocycles. The van der Waals surface area contributed by atoms with Crippen molar-refractivity contribution in [2.45, 2.75) is 13.8 Å². The second-order valence-corrected chi connectivity index (χ2v) is 3.95. The van der Waals surface area contributed by atoms with Crippen molar-refractivity contribution in [1.29, 1.82) is 0 Å². The van der Waals surface area contributed by atoms with Crippen molar-refractivity contribution in [2.75, 3.05) is 11.9 Å². The van der Waals surface area contributed by atoms with E-state index in [2.05, 4.69) is 32.8 Å². The van der Waals surface area contributed by atoms with Crippen LogP contribution in [-0.4, -0.2) is 11.5 Å². The quantitative estimate of drug-likeness (QED) is 0.649. The number of halogens is 1. The standard InChI is InChI=1S/C10H13BrN2/c1-7(2)5-12-9-4-10(11)13-6-8(9)3/h4,6H,1,5H2,2-3H3,(H,12,13). The molecule has 0 saturated carbocycles. The predicted molar refractivity (Wildman–Crippen MR) is 60.0 cm³/mol. The summed E-state index contributed by atoms with van der Waals surface area (Å²) in [6.45, 7) is 8.66. The van der Waals surface area contributed by atoms with Crippen LogP contribution in [0.4, 0.5) is 5.69 Å². The van der Waals surface area contributed by atoms with Crippen LogP contribution in [0.3, 0.4) is 0 Å². The Kier molecular flexibility index (Phi) is 3.48. The van der Waals surface area contributed by atoms with Gasteiger partial charge >= 0.3 is 0 Å². The Balaban J connectivity index is 2.75. The van der Waals surface area contributed by atoms with Crippen LogP contribution in [0.1, 0.15) is 12.5 Å². The van der Waals surface area contributed by atoms with E-state index >= 15 is 0 Å². The van der Waals surface area contributed by atoms with Crippen LogP contribution in [0.15, 0.2) is 29.0 Å². The number of pyridine rings is 1. The lowest BCUT2D eigenvalue weighted by molar-refractivity contribution is 1.17. The van der Waals surface area contributed by atoms with Gasteiger partial charge in [-0.05, 0) is 41.4 Å². The maximum absolute atomic E-state index is 4.12. The van der Waals surface area contributed by atoms with Gasteiger partial charge in [-0.15, -0.1) is 0 Å². The molecule has 13 heavy (non-hydrogen) atoms. The Morgan fingerprint density at radius 2 is 2.38 bits per heavy atom. The molecule has 1 rings (SSSR count). The zero-order valence-corrected chi connectivity index (χ0v) is 9.48. The van der Waals surface area contributed by atoms with Gasteiger partial charge in [0.2, 0.25) is 0 Å². The number of rotatable bonds is 3. The predicted octanol–water partition coefficient (Wildman–Crippen LogP) is 3.14. The summed E-state index contributed by atoms with van der Waals surface area (Å²) < 4.78 is 0.849. The van der Waals surface area contributed by atoms with Gasteiger partial charge in [-0.2, -0.15) is 0 Å². The topological polar surface area (TPSA) is 24.9 Å². The van der Waals surface area contributed by atoms with Crippen LogP contribution in [0.5, 0.6) is 0 Å². The van der Waals surface area contributed by atoms with E-state index < -0.39 is 0 Å². The van der Waals surface area contributed by atoms with E-state index in [1.807, 2.05) is 26.1 Å². The van der Waals surface area contributed by atoms with E-state index in [1.165, 1.54) is 0 Å². The van der Waals surface area contributed by atoms with Gasteiger partial charge in [0.25, 0.3) is 0 Å². The minimum Gasteiger partial charge on any atom is -0.381 e. The van der Waals surface area contributed by atoms with Crippen molar-refractivity contribution in [3.63, 3.8) is 0 Å². The largest absolute Gasteiger partial charge is 0.381 e. The molecule has 3 heteroatoms. The summed E-state index contributed by atoms with van der Waals surface area (Å²) in [4.78, 5) is 4.12. The summed E-state index contributed by atoms with van der Waals surface area (Å²) in [7, 11) is 0. The second-order valence-electron chi connectivity index (χ2n) is 3.13. The first-order valence-electron chi connectivity index (χ1n) is 4.10. The SMILES string of the molecule is C=C(C)CNc1cc(Br)ncc1C. The van der Waals surface area contributed by atoms with Gasteiger partial charge in [0.15, 0.2) is 0 Å². The van der Waals surface area contributed by atoms with Crippen LogP contribution in [0.25, 0.3) is 0 Å². The molecule has 0 aliphatic rings. The summed E-state index contributed by atoms with van der Waals surface area (Å²) >= 11 is 3.33. The maximum Gasteiger partial charge on any atom is 0.108 e. The molecule has 1 N–H and O–H groups in total. The maximum atomic E-state index is 4.12. The van der Waals surface area contributed by atoms with E-state index in [4.69, 9.17) is 0 Å². The molecule has 70 valence electrons. The fourth-order valence-corrected chi connectivity index (χ4v) is 1.27. The minimum absolute atomic E-state index is 0.803. The number of hydrogen-bond donors (Lipinski definition) is 1. The highest BCUT2D eigenvalue weighted by Crippen LogP contribution is 2.17. The first-order chi connectivity index (χ1) is 6.09. The zero-order chi connectivity index (χ0) is 9.84. The van der Waals surface area contributed by atoms with Crippen LogP contribution in [0, 0.1) is 6.92 Å². The van der Waals surface area contributed by atoms with E-state index in [0.29, 0.717) is 0 Å². The third kappa shape index (κ3) is 3.19. The highest BCUT2D eigenvalue weighted by atomic mass is 79.9. The Hall–Kier alpha value is -0.830. The fraction of sp³-hybridized carbons (Fsp3) is 0.300. The van der Waals surface area contributed by atoms with E-state index in [1.54, 1.807) is 0 Å². The lowest BCUT2D eigenvalue weighted by Crippen LogP contribution is -2.03. The summed E-state index contributed by atoms with van der Waals surface area (Å²) in [6, 6.07) is 1.97. The molecule has 0 amide bonds. The number of anilines is 1. The lowest BCUT2D eigenvalue weighted by Gasteiger charge is -2.08. The van der Waals surface area contributed by atoms with Crippen molar-refractivity contribution in [3.8, 4) is 0 Å². The van der Waals surface area contributed by atoms with Gasteiger partial charge in [0, 0.05) is 18.4 Å². The van der Waals surface area contributed by atoms with E-state index in [-0.39, 0.29) is 0 Å². The molecule has 0 atom stereocenters. The Labute approximate surface area is 87.2 Å². The van der Waals surface area contributed by atoms with Gasteiger partial charge in [0.05, 0.1) is 0 Å². The fourth-order valence-electron chi connectivity index (χ4n) is 0.935. The molecule has 0 fully saturated rings. The van der Waals surface area contributed by atoms with Crippen molar-refractivity contribution in [2.24, 2.45) is 0 Å². The summed E-state index contributed by atoms with van der Waals surface area (Å²) in [5, 5.41) is 3.28. The van der Waals surface area contributed by atoms with Crippen LogP contribution < -0.4 is 5.32 Å². The number of nitrogens with zero attached hydrogens (tertiary/aromatic N) is 1. The number of aromatic nitrogens is 1. The van der Waals surface area contributed by atoms with Gasteiger partial charge in [0.1, 0.15) is 4.60 Å². The Morgan fingerprint density at radius 1 is 1.69 bits per heavy atom. The third-order valence-corrected chi connectivity index (χ3v) is 2.08. The highest BCUT2D eigenvalue weighted by molar-refractivity contribution is 9.10. The van der Waals surface area contributed by atoms with Gasteiger partial charge in [-0.25, -0.2) is 4.98 Å². The molecule has 0 aromatic carbocycles. The molecule has 1 aromatic rings. The van der Waals surface area contributed by atoms with Crippen molar-refractivity contribution in [3.05, 3.63) is 34.6 Å². The Bertz CT molecular complexity index is 321. The van der Waals surface area contributed by atoms with Crippen molar-refractivity contribution < 1.29 is 0 Å². The monoisotopic (exact) mass is 240 g/mol. The molecular weight excluding hydrogens is 228 g/mol. The molecule has 0 spiro atoms. The molecule has 0 bridgehead atoms. The number of aryl methyl sites for hydroxylation is 1. The lowest BCUT2D eigenvalue weighted by atomic mass is 10.2. The molecular formula is C10H13BrN2. The van der Waals surface area contributed by atoms with Crippen molar-refractivity contribution >= 4 is 21.6 Å². The van der Waals surface area contributed by atoms with Crippen molar-refractivity contribution in [1.82, 2.24) is 4.98 Å². The van der Waals surface area contributed by atoms with Gasteiger partial charge in [-0.1, -0.05) is 12.2 Å². The average Bonchev–Trinajstić information content (AvgIpc) is 2.06. The zero-order valence-electron chi connectivity index (χ0n) is 7.89.